The van der Waals surface area contributed by atoms with E-state index < -0.39 is 5.97 Å². The Hall–Kier alpha value is -3.02. The van der Waals surface area contributed by atoms with E-state index in [0.717, 1.165) is 6.42 Å². The molecule has 0 heterocycles. The Labute approximate surface area is 153 Å². The number of ether oxygens (including phenoxy) is 3. The van der Waals surface area contributed by atoms with Gasteiger partial charge in [-0.05, 0) is 49.7 Å². The SMILES string of the molecule is CCC(C)OC(=O)COc1ccc(C(=O)Nc2ccccc2OC)cc1. The summed E-state index contributed by atoms with van der Waals surface area (Å²) in [6, 6.07) is 13.7. The maximum absolute atomic E-state index is 12.3. The van der Waals surface area contributed by atoms with Crippen LogP contribution in [0.2, 0.25) is 0 Å². The van der Waals surface area contributed by atoms with Crippen LogP contribution in [0, 0.1) is 0 Å². The van der Waals surface area contributed by atoms with Crippen molar-refractivity contribution in [1.82, 2.24) is 0 Å². The molecule has 0 bridgehead atoms. The molecular formula is C20H23NO5. The van der Waals surface area contributed by atoms with Gasteiger partial charge in [0.05, 0.1) is 18.9 Å². The van der Waals surface area contributed by atoms with Gasteiger partial charge in [0.2, 0.25) is 0 Å². The Kier molecular flexibility index (Phi) is 7.02. The van der Waals surface area contributed by atoms with E-state index in [0.29, 0.717) is 22.7 Å². The highest BCUT2D eigenvalue weighted by molar-refractivity contribution is 6.05. The molecule has 1 N–H and O–H groups in total. The van der Waals surface area contributed by atoms with Crippen LogP contribution in [0.1, 0.15) is 30.6 Å². The number of anilines is 1. The van der Waals surface area contributed by atoms with Crippen LogP contribution in [0.3, 0.4) is 0 Å². The average Bonchev–Trinajstić information content (AvgIpc) is 2.67. The molecule has 0 saturated heterocycles. The lowest BCUT2D eigenvalue weighted by Crippen LogP contribution is -2.20. The molecule has 26 heavy (non-hydrogen) atoms. The molecule has 0 fully saturated rings. The topological polar surface area (TPSA) is 73.9 Å². The monoisotopic (exact) mass is 357 g/mol. The van der Waals surface area contributed by atoms with Crippen molar-refractivity contribution in [2.45, 2.75) is 26.4 Å². The second kappa shape index (κ2) is 9.46. The van der Waals surface area contributed by atoms with Crippen LogP contribution in [0.4, 0.5) is 5.69 Å². The van der Waals surface area contributed by atoms with Crippen LogP contribution >= 0.6 is 0 Å². The van der Waals surface area contributed by atoms with Crippen molar-refractivity contribution in [3.05, 3.63) is 54.1 Å². The molecule has 1 atom stereocenters. The van der Waals surface area contributed by atoms with Crippen LogP contribution in [-0.2, 0) is 9.53 Å². The maximum atomic E-state index is 12.3. The van der Waals surface area contributed by atoms with Gasteiger partial charge < -0.3 is 19.5 Å². The first kappa shape index (κ1) is 19.3. The Balaban J connectivity index is 1.92. The Morgan fingerprint density at radius 2 is 1.77 bits per heavy atom. The van der Waals surface area contributed by atoms with Crippen molar-refractivity contribution in [1.29, 1.82) is 0 Å². The fraction of sp³-hybridized carbons (Fsp3) is 0.300. The quantitative estimate of drug-likeness (QED) is 0.730. The van der Waals surface area contributed by atoms with E-state index >= 15 is 0 Å². The molecule has 2 aromatic carbocycles. The van der Waals surface area contributed by atoms with Gasteiger partial charge in [0.25, 0.3) is 5.91 Å². The van der Waals surface area contributed by atoms with Crippen molar-refractivity contribution in [3.63, 3.8) is 0 Å². The van der Waals surface area contributed by atoms with Crippen LogP contribution in [-0.4, -0.2) is 31.7 Å². The first-order chi connectivity index (χ1) is 12.5. The molecule has 2 rings (SSSR count). The molecule has 1 unspecified atom stereocenters. The Morgan fingerprint density at radius 1 is 1.08 bits per heavy atom. The number of rotatable bonds is 8. The predicted molar refractivity (Wildman–Crippen MR) is 98.7 cm³/mol. The molecule has 6 nitrogen and oxygen atoms in total. The standard InChI is InChI=1S/C20H23NO5/c1-4-14(2)26-19(22)13-25-16-11-9-15(10-12-16)20(23)21-17-7-5-6-8-18(17)24-3/h5-12,14H,4,13H2,1-3H3,(H,21,23). The zero-order chi connectivity index (χ0) is 18.9. The van der Waals surface area contributed by atoms with Gasteiger partial charge in [-0.25, -0.2) is 4.79 Å². The Morgan fingerprint density at radius 3 is 2.42 bits per heavy atom. The van der Waals surface area contributed by atoms with Gasteiger partial charge in [-0.3, -0.25) is 4.79 Å². The lowest BCUT2D eigenvalue weighted by atomic mass is 10.2. The van der Waals surface area contributed by atoms with Gasteiger partial charge in [0.15, 0.2) is 6.61 Å². The van der Waals surface area contributed by atoms with E-state index in [4.69, 9.17) is 14.2 Å². The van der Waals surface area contributed by atoms with Gasteiger partial charge in [-0.1, -0.05) is 19.1 Å². The summed E-state index contributed by atoms with van der Waals surface area (Å²) in [6.45, 7) is 3.59. The molecule has 0 spiro atoms. The number of hydrogen-bond donors (Lipinski definition) is 1. The van der Waals surface area contributed by atoms with E-state index in [1.165, 1.54) is 0 Å². The molecule has 0 saturated carbocycles. The summed E-state index contributed by atoms with van der Waals surface area (Å²) in [5.74, 6) is 0.384. The van der Waals surface area contributed by atoms with Gasteiger partial charge in [0, 0.05) is 5.56 Å². The summed E-state index contributed by atoms with van der Waals surface area (Å²) in [4.78, 5) is 23.9. The van der Waals surface area contributed by atoms with Crippen molar-refractivity contribution in [3.8, 4) is 11.5 Å². The Bertz CT molecular complexity index is 742. The molecule has 6 heteroatoms. The summed E-state index contributed by atoms with van der Waals surface area (Å²) < 4.78 is 15.7. The van der Waals surface area contributed by atoms with Gasteiger partial charge in [-0.2, -0.15) is 0 Å². The third kappa shape index (κ3) is 5.51. The highest BCUT2D eigenvalue weighted by atomic mass is 16.6. The smallest absolute Gasteiger partial charge is 0.344 e. The first-order valence-corrected chi connectivity index (χ1v) is 8.40. The third-order valence-electron chi connectivity index (χ3n) is 3.74. The largest absolute Gasteiger partial charge is 0.495 e. The number of nitrogens with one attached hydrogen (secondary N) is 1. The molecule has 138 valence electrons. The predicted octanol–water partition coefficient (Wildman–Crippen LogP) is 3.67. The number of carbonyl (C=O) groups is 2. The van der Waals surface area contributed by atoms with E-state index in [1.807, 2.05) is 26.0 Å². The molecule has 1 amide bonds. The van der Waals surface area contributed by atoms with Crippen molar-refractivity contribution in [2.75, 3.05) is 19.0 Å². The third-order valence-corrected chi connectivity index (χ3v) is 3.74. The number of esters is 1. The molecule has 0 radical (unpaired) electrons. The van der Waals surface area contributed by atoms with Gasteiger partial charge >= 0.3 is 5.97 Å². The first-order valence-electron chi connectivity index (χ1n) is 8.40. The molecule has 2 aromatic rings. The van der Waals surface area contributed by atoms with Crippen molar-refractivity contribution < 1.29 is 23.8 Å². The van der Waals surface area contributed by atoms with E-state index in [1.54, 1.807) is 43.5 Å². The van der Waals surface area contributed by atoms with Gasteiger partial charge in [0.1, 0.15) is 11.5 Å². The fourth-order valence-corrected chi connectivity index (χ4v) is 2.13. The van der Waals surface area contributed by atoms with Crippen LogP contribution in [0.25, 0.3) is 0 Å². The summed E-state index contributed by atoms with van der Waals surface area (Å²) in [5, 5.41) is 2.80. The summed E-state index contributed by atoms with van der Waals surface area (Å²) in [6.07, 6.45) is 0.619. The van der Waals surface area contributed by atoms with E-state index in [-0.39, 0.29) is 18.6 Å². The van der Waals surface area contributed by atoms with Gasteiger partial charge in [-0.15, -0.1) is 0 Å². The second-order valence-corrected chi connectivity index (χ2v) is 5.68. The fourth-order valence-electron chi connectivity index (χ4n) is 2.13. The summed E-state index contributed by atoms with van der Waals surface area (Å²) >= 11 is 0. The number of para-hydroxylation sites is 2. The normalized spacial score (nSPS) is 11.3. The van der Waals surface area contributed by atoms with E-state index in [2.05, 4.69) is 5.32 Å². The summed E-state index contributed by atoms with van der Waals surface area (Å²) in [5.41, 5.74) is 1.05. The zero-order valence-electron chi connectivity index (χ0n) is 15.2. The minimum Gasteiger partial charge on any atom is -0.495 e. The molecule has 0 aromatic heterocycles. The van der Waals surface area contributed by atoms with Crippen molar-refractivity contribution in [2.24, 2.45) is 0 Å². The average molecular weight is 357 g/mol. The minimum atomic E-state index is -0.419. The minimum absolute atomic E-state index is 0.132. The highest BCUT2D eigenvalue weighted by Gasteiger charge is 2.11. The maximum Gasteiger partial charge on any atom is 0.344 e. The summed E-state index contributed by atoms with van der Waals surface area (Å²) in [7, 11) is 1.55. The number of carbonyl (C=O) groups excluding carboxylic acids is 2. The highest BCUT2D eigenvalue weighted by Crippen LogP contribution is 2.24. The molecule has 0 aliphatic carbocycles. The molecule has 0 aliphatic heterocycles. The molecule has 0 aliphatic rings. The number of amides is 1. The number of benzene rings is 2. The number of hydrogen-bond acceptors (Lipinski definition) is 5. The lowest BCUT2D eigenvalue weighted by molar-refractivity contribution is -0.150. The lowest BCUT2D eigenvalue weighted by Gasteiger charge is -2.12. The van der Waals surface area contributed by atoms with Crippen molar-refractivity contribution >= 4 is 17.6 Å². The molecular weight excluding hydrogens is 334 g/mol. The zero-order valence-corrected chi connectivity index (χ0v) is 15.2. The van der Waals surface area contributed by atoms with Crippen LogP contribution in [0.15, 0.2) is 48.5 Å². The van der Waals surface area contributed by atoms with Crippen LogP contribution in [0.5, 0.6) is 11.5 Å². The van der Waals surface area contributed by atoms with E-state index in [9.17, 15) is 9.59 Å². The number of methoxy groups -OCH3 is 1. The second-order valence-electron chi connectivity index (χ2n) is 5.68. The van der Waals surface area contributed by atoms with Crippen LogP contribution < -0.4 is 14.8 Å².